The molecule has 2 aromatic carbocycles. The van der Waals surface area contributed by atoms with Crippen molar-refractivity contribution < 1.29 is 12.8 Å². The monoisotopic (exact) mass is 479 g/mol. The predicted molar refractivity (Wildman–Crippen MR) is 123 cm³/mol. The lowest BCUT2D eigenvalue weighted by molar-refractivity contribution is 0.384. The molecule has 31 heavy (non-hydrogen) atoms. The first-order valence-electron chi connectivity index (χ1n) is 9.95. The minimum Gasteiger partial charge on any atom is -0.345 e. The lowest BCUT2D eigenvalue weighted by Crippen LogP contribution is -2.48. The van der Waals surface area contributed by atoms with Gasteiger partial charge >= 0.3 is 0 Å². The Bertz CT molecular complexity index is 1210. The molecule has 0 unspecified atom stereocenters. The summed E-state index contributed by atoms with van der Waals surface area (Å²) in [5.74, 6) is -0.634. The van der Waals surface area contributed by atoms with Crippen molar-refractivity contribution in [1.82, 2.24) is 9.29 Å². The highest BCUT2D eigenvalue weighted by Gasteiger charge is 2.29. The summed E-state index contributed by atoms with van der Waals surface area (Å²) in [6, 6.07) is 9.96. The fraction of sp³-hybridized carbons (Fsp3) is 0.318. The number of rotatable bonds is 5. The Labute approximate surface area is 191 Å². The number of anilines is 1. The highest BCUT2D eigenvalue weighted by molar-refractivity contribution is 7.89. The third-order valence-corrected chi connectivity index (χ3v) is 8.67. The molecule has 0 bridgehead atoms. The maximum absolute atomic E-state index is 13.4. The van der Waals surface area contributed by atoms with Gasteiger partial charge in [0.2, 0.25) is 10.0 Å². The van der Waals surface area contributed by atoms with Crippen LogP contribution in [0.15, 0.2) is 46.7 Å². The van der Waals surface area contributed by atoms with E-state index in [1.165, 1.54) is 33.1 Å². The molecule has 0 N–H and O–H groups in total. The van der Waals surface area contributed by atoms with Crippen molar-refractivity contribution >= 4 is 38.1 Å². The fourth-order valence-corrected chi connectivity index (χ4v) is 6.12. The minimum atomic E-state index is -3.71. The molecule has 0 atom stereocenters. The van der Waals surface area contributed by atoms with Crippen molar-refractivity contribution in [3.8, 4) is 0 Å². The average molecular weight is 480 g/mol. The van der Waals surface area contributed by atoms with Gasteiger partial charge in [0.25, 0.3) is 0 Å². The summed E-state index contributed by atoms with van der Waals surface area (Å²) in [6.45, 7) is 5.98. The molecule has 9 heteroatoms. The maximum Gasteiger partial charge on any atom is 0.243 e. The van der Waals surface area contributed by atoms with Crippen LogP contribution >= 0.6 is 22.9 Å². The Balaban J connectivity index is 1.41. The third kappa shape index (κ3) is 4.77. The molecule has 1 aromatic heterocycles. The second kappa shape index (κ2) is 8.86. The number of hydrogen-bond acceptors (Lipinski definition) is 5. The normalized spacial score (nSPS) is 15.4. The second-order valence-corrected chi connectivity index (χ2v) is 10.9. The average Bonchev–Trinajstić information content (AvgIpc) is 3.21. The Morgan fingerprint density at radius 3 is 2.48 bits per heavy atom. The summed E-state index contributed by atoms with van der Waals surface area (Å²) in [5, 5.41) is 2.77. The van der Waals surface area contributed by atoms with Crippen LogP contribution in [-0.2, 0) is 16.4 Å². The molecule has 5 nitrogen and oxygen atoms in total. The number of sulfonamides is 1. The molecule has 1 saturated heterocycles. The first kappa shape index (κ1) is 22.2. The largest absolute Gasteiger partial charge is 0.345 e. The lowest BCUT2D eigenvalue weighted by atomic mass is 10.0. The van der Waals surface area contributed by atoms with Crippen LogP contribution < -0.4 is 4.90 Å². The number of piperazine rings is 1. The quantitative estimate of drug-likeness (QED) is 0.534. The summed E-state index contributed by atoms with van der Waals surface area (Å²) >= 11 is 7.34. The van der Waals surface area contributed by atoms with Gasteiger partial charge in [-0.1, -0.05) is 29.8 Å². The Hall–Kier alpha value is -2.00. The van der Waals surface area contributed by atoms with Gasteiger partial charge in [-0.05, 0) is 48.7 Å². The number of hydrogen-bond donors (Lipinski definition) is 0. The van der Waals surface area contributed by atoms with Crippen LogP contribution in [0.25, 0.3) is 0 Å². The number of aromatic nitrogens is 1. The molecule has 0 spiro atoms. The van der Waals surface area contributed by atoms with Crippen LogP contribution in [0.5, 0.6) is 0 Å². The maximum atomic E-state index is 13.4. The molecule has 0 radical (unpaired) electrons. The topological polar surface area (TPSA) is 53.5 Å². The predicted octanol–water partition coefficient (Wildman–Crippen LogP) is 4.65. The molecule has 3 aromatic rings. The first-order valence-corrected chi connectivity index (χ1v) is 12.6. The van der Waals surface area contributed by atoms with Gasteiger partial charge < -0.3 is 4.90 Å². The van der Waals surface area contributed by atoms with Crippen LogP contribution in [0.2, 0.25) is 5.02 Å². The molecule has 0 amide bonds. The van der Waals surface area contributed by atoms with E-state index >= 15 is 0 Å². The van der Waals surface area contributed by atoms with Crippen LogP contribution in [0.4, 0.5) is 9.52 Å². The van der Waals surface area contributed by atoms with Crippen molar-refractivity contribution in [2.24, 2.45) is 0 Å². The molecule has 2 heterocycles. The van der Waals surface area contributed by atoms with Crippen molar-refractivity contribution in [2.75, 3.05) is 31.1 Å². The van der Waals surface area contributed by atoms with Crippen LogP contribution in [-0.4, -0.2) is 43.9 Å². The fourth-order valence-electron chi connectivity index (χ4n) is 3.55. The standard InChI is InChI=1S/C22H23ClFN3O2S2/c1-15-3-4-17(11-16(15)2)12-18-14-30-22(25-18)26-7-9-27(10-8-26)31(28,29)19-5-6-21(24)20(23)13-19/h3-6,11,13-14H,7-10,12H2,1-2H3. The van der Waals surface area contributed by atoms with Gasteiger partial charge in [-0.2, -0.15) is 4.31 Å². The van der Waals surface area contributed by atoms with Crippen molar-refractivity contribution in [1.29, 1.82) is 0 Å². The highest BCUT2D eigenvalue weighted by atomic mass is 35.5. The summed E-state index contributed by atoms with van der Waals surface area (Å²) < 4.78 is 40.5. The zero-order valence-electron chi connectivity index (χ0n) is 17.3. The summed E-state index contributed by atoms with van der Waals surface area (Å²) in [4.78, 5) is 6.89. The SMILES string of the molecule is Cc1ccc(Cc2csc(N3CCN(S(=O)(=O)c4ccc(F)c(Cl)c4)CC3)n2)cc1C. The zero-order chi connectivity index (χ0) is 22.2. The van der Waals surface area contributed by atoms with Crippen molar-refractivity contribution in [3.63, 3.8) is 0 Å². The molecular formula is C22H23ClFN3O2S2. The summed E-state index contributed by atoms with van der Waals surface area (Å²) in [7, 11) is -3.71. The minimum absolute atomic E-state index is 0.0114. The Kier molecular flexibility index (Phi) is 6.35. The van der Waals surface area contributed by atoms with Crippen LogP contribution in [0.1, 0.15) is 22.4 Å². The molecule has 1 aliphatic heterocycles. The lowest BCUT2D eigenvalue weighted by Gasteiger charge is -2.33. The highest BCUT2D eigenvalue weighted by Crippen LogP contribution is 2.27. The molecule has 4 rings (SSSR count). The molecular weight excluding hydrogens is 457 g/mol. The molecule has 1 fully saturated rings. The summed E-state index contributed by atoms with van der Waals surface area (Å²) in [5.41, 5.74) is 4.79. The molecule has 0 aliphatic carbocycles. The molecule has 164 valence electrons. The van der Waals surface area contributed by atoms with E-state index in [-0.39, 0.29) is 9.92 Å². The van der Waals surface area contributed by atoms with Crippen LogP contribution in [0.3, 0.4) is 0 Å². The van der Waals surface area contributed by atoms with E-state index in [1.54, 1.807) is 11.3 Å². The number of nitrogens with zero attached hydrogens (tertiary/aromatic N) is 3. The number of benzene rings is 2. The van der Waals surface area contributed by atoms with Gasteiger partial charge in [-0.3, -0.25) is 0 Å². The van der Waals surface area contributed by atoms with Crippen molar-refractivity contribution in [2.45, 2.75) is 25.2 Å². The second-order valence-electron chi connectivity index (χ2n) is 7.68. The number of halogens is 2. The zero-order valence-corrected chi connectivity index (χ0v) is 19.7. The first-order chi connectivity index (χ1) is 14.7. The summed E-state index contributed by atoms with van der Waals surface area (Å²) in [6.07, 6.45) is 0.775. The van der Waals surface area contributed by atoms with Gasteiger partial charge in [0, 0.05) is 38.0 Å². The van der Waals surface area contributed by atoms with E-state index in [0.29, 0.717) is 26.2 Å². The molecule has 0 saturated carbocycles. The third-order valence-electron chi connectivity index (χ3n) is 5.53. The molecule has 1 aliphatic rings. The van der Waals surface area contributed by atoms with Gasteiger partial charge in [-0.25, -0.2) is 17.8 Å². The number of aryl methyl sites for hydroxylation is 2. The van der Waals surface area contributed by atoms with E-state index in [9.17, 15) is 12.8 Å². The van der Waals surface area contributed by atoms with Gasteiger partial charge in [-0.15, -0.1) is 11.3 Å². The van der Waals surface area contributed by atoms with E-state index in [4.69, 9.17) is 16.6 Å². The number of thiazole rings is 1. The van der Waals surface area contributed by atoms with E-state index in [2.05, 4.69) is 42.3 Å². The van der Waals surface area contributed by atoms with E-state index in [1.807, 2.05) is 0 Å². The van der Waals surface area contributed by atoms with E-state index < -0.39 is 15.8 Å². The smallest absolute Gasteiger partial charge is 0.243 e. The van der Waals surface area contributed by atoms with Gasteiger partial charge in [0.15, 0.2) is 5.13 Å². The van der Waals surface area contributed by atoms with Gasteiger partial charge in [0.1, 0.15) is 5.82 Å². The van der Waals surface area contributed by atoms with Gasteiger partial charge in [0.05, 0.1) is 15.6 Å². The Morgan fingerprint density at radius 1 is 1.06 bits per heavy atom. The van der Waals surface area contributed by atoms with E-state index in [0.717, 1.165) is 23.3 Å². The van der Waals surface area contributed by atoms with Crippen molar-refractivity contribution in [3.05, 3.63) is 75.0 Å². The van der Waals surface area contributed by atoms with Crippen LogP contribution in [0, 0.1) is 19.7 Å². The Morgan fingerprint density at radius 2 is 1.81 bits per heavy atom.